The minimum Gasteiger partial charge on any atom is -0.303 e. The van der Waals surface area contributed by atoms with Gasteiger partial charge in [0.1, 0.15) is 0 Å². The number of nitrogens with zero attached hydrogens (tertiary/aromatic N) is 1. The second-order valence-electron chi connectivity index (χ2n) is 3.76. The van der Waals surface area contributed by atoms with Crippen LogP contribution in [0.25, 0.3) is 0 Å². The van der Waals surface area contributed by atoms with E-state index in [0.717, 1.165) is 25.3 Å². The summed E-state index contributed by atoms with van der Waals surface area (Å²) in [6.45, 7) is 1.73. The van der Waals surface area contributed by atoms with Crippen molar-refractivity contribution in [2.45, 2.75) is 25.4 Å². The Labute approximate surface area is 88.1 Å². The predicted molar refractivity (Wildman–Crippen MR) is 53.7 cm³/mol. The number of hydrogen-bond donors (Lipinski definition) is 1. The lowest BCUT2D eigenvalue weighted by atomic mass is 9.97. The Morgan fingerprint density at radius 1 is 1.36 bits per heavy atom. The van der Waals surface area contributed by atoms with Crippen LogP contribution in [-0.4, -0.2) is 36.5 Å². The molecule has 1 heterocycles. The molecule has 0 N–H and O–H groups in total. The minimum absolute atomic E-state index is 0.178. The first-order valence-corrected chi connectivity index (χ1v) is 5.57. The van der Waals surface area contributed by atoms with Gasteiger partial charge >= 0.3 is 6.18 Å². The molecule has 0 aromatic heterocycles. The second kappa shape index (κ2) is 5.26. The molecule has 1 nitrogen and oxygen atoms in total. The number of hydrogen-bond acceptors (Lipinski definition) is 2. The maximum atomic E-state index is 12.4. The average molecular weight is 227 g/mol. The van der Waals surface area contributed by atoms with E-state index in [2.05, 4.69) is 12.6 Å². The van der Waals surface area contributed by atoms with E-state index in [1.165, 1.54) is 0 Å². The first kappa shape index (κ1) is 12.2. The van der Waals surface area contributed by atoms with Crippen LogP contribution in [0.15, 0.2) is 0 Å². The molecule has 1 fully saturated rings. The van der Waals surface area contributed by atoms with E-state index in [0.29, 0.717) is 12.8 Å². The maximum absolute atomic E-state index is 12.4. The molecule has 84 valence electrons. The van der Waals surface area contributed by atoms with E-state index in [-0.39, 0.29) is 6.54 Å². The van der Waals surface area contributed by atoms with Gasteiger partial charge in [0, 0.05) is 6.54 Å². The molecule has 1 atom stereocenters. The first-order chi connectivity index (χ1) is 6.54. The fraction of sp³-hybridized carbons (Fsp3) is 1.00. The Hall–Kier alpha value is 0.100. The van der Waals surface area contributed by atoms with Crippen molar-refractivity contribution in [3.8, 4) is 0 Å². The molecule has 0 saturated carbocycles. The van der Waals surface area contributed by atoms with Crippen LogP contribution >= 0.6 is 12.6 Å². The third-order valence-electron chi connectivity index (χ3n) is 2.60. The summed E-state index contributed by atoms with van der Waals surface area (Å²) < 4.78 is 37.2. The molecular weight excluding hydrogens is 211 g/mol. The molecule has 0 aliphatic carbocycles. The molecule has 0 radical (unpaired) electrons. The molecule has 1 rings (SSSR count). The van der Waals surface area contributed by atoms with Crippen molar-refractivity contribution in [2.75, 3.05) is 25.4 Å². The Kier molecular flexibility index (Phi) is 4.57. The van der Waals surface area contributed by atoms with E-state index in [9.17, 15) is 13.2 Å². The van der Waals surface area contributed by atoms with Gasteiger partial charge in [-0.05, 0) is 38.1 Å². The van der Waals surface area contributed by atoms with Crippen molar-refractivity contribution in [3.63, 3.8) is 0 Å². The van der Waals surface area contributed by atoms with Gasteiger partial charge in [-0.2, -0.15) is 25.8 Å². The third kappa shape index (κ3) is 3.69. The lowest BCUT2D eigenvalue weighted by Crippen LogP contribution is -2.42. The second-order valence-corrected chi connectivity index (χ2v) is 4.21. The average Bonchev–Trinajstić information content (AvgIpc) is 2.14. The number of halogens is 3. The van der Waals surface area contributed by atoms with Crippen LogP contribution in [0.2, 0.25) is 0 Å². The lowest BCUT2D eigenvalue weighted by molar-refractivity contribution is -0.186. The van der Waals surface area contributed by atoms with Crippen LogP contribution in [0.3, 0.4) is 0 Å². The predicted octanol–water partition coefficient (Wildman–Crippen LogP) is 2.58. The topological polar surface area (TPSA) is 3.24 Å². The van der Waals surface area contributed by atoms with E-state index < -0.39 is 12.1 Å². The zero-order chi connectivity index (χ0) is 10.6. The van der Waals surface area contributed by atoms with Crippen molar-refractivity contribution in [3.05, 3.63) is 0 Å². The molecule has 0 amide bonds. The number of rotatable bonds is 3. The van der Waals surface area contributed by atoms with Crippen molar-refractivity contribution >= 4 is 12.6 Å². The number of alkyl halides is 3. The smallest absolute Gasteiger partial charge is 0.303 e. The summed E-state index contributed by atoms with van der Waals surface area (Å²) in [4.78, 5) is 1.90. The zero-order valence-electron chi connectivity index (χ0n) is 8.06. The molecule has 1 unspecified atom stereocenters. The van der Waals surface area contributed by atoms with Gasteiger partial charge in [0.25, 0.3) is 0 Å². The summed E-state index contributed by atoms with van der Waals surface area (Å²) in [7, 11) is 0. The quantitative estimate of drug-likeness (QED) is 0.725. The van der Waals surface area contributed by atoms with E-state index >= 15 is 0 Å². The highest BCUT2D eigenvalue weighted by atomic mass is 32.1. The monoisotopic (exact) mass is 227 g/mol. The first-order valence-electron chi connectivity index (χ1n) is 4.94. The highest BCUT2D eigenvalue weighted by molar-refractivity contribution is 7.80. The van der Waals surface area contributed by atoms with Crippen molar-refractivity contribution in [2.24, 2.45) is 5.92 Å². The van der Waals surface area contributed by atoms with Gasteiger partial charge in [0.05, 0.1) is 5.92 Å². The number of piperidine rings is 1. The van der Waals surface area contributed by atoms with Gasteiger partial charge in [0.2, 0.25) is 0 Å². The highest BCUT2D eigenvalue weighted by Gasteiger charge is 2.41. The van der Waals surface area contributed by atoms with Crippen LogP contribution in [0.4, 0.5) is 13.2 Å². The molecule has 0 spiro atoms. The maximum Gasteiger partial charge on any atom is 0.393 e. The number of thiol groups is 1. The summed E-state index contributed by atoms with van der Waals surface area (Å²) in [5.41, 5.74) is 0. The fourth-order valence-electron chi connectivity index (χ4n) is 1.82. The molecule has 1 aliphatic heterocycles. The Morgan fingerprint density at radius 3 is 2.64 bits per heavy atom. The highest BCUT2D eigenvalue weighted by Crippen LogP contribution is 2.32. The van der Waals surface area contributed by atoms with Crippen molar-refractivity contribution in [1.29, 1.82) is 0 Å². The summed E-state index contributed by atoms with van der Waals surface area (Å²) >= 11 is 4.05. The molecular formula is C9H16F3NS. The fourth-order valence-corrected chi connectivity index (χ4v) is 1.96. The van der Waals surface area contributed by atoms with Gasteiger partial charge in [-0.25, -0.2) is 0 Å². The largest absolute Gasteiger partial charge is 0.393 e. The summed E-state index contributed by atoms with van der Waals surface area (Å²) in [6.07, 6.45) is -2.19. The third-order valence-corrected chi connectivity index (χ3v) is 2.92. The molecule has 5 heteroatoms. The lowest BCUT2D eigenvalue weighted by Gasteiger charge is -2.33. The molecule has 0 aromatic carbocycles. The SMILES string of the molecule is FC(F)(F)C1CCCN(CCCS)C1. The van der Waals surface area contributed by atoms with Gasteiger partial charge < -0.3 is 4.90 Å². The van der Waals surface area contributed by atoms with E-state index in [1.54, 1.807) is 0 Å². The van der Waals surface area contributed by atoms with Gasteiger partial charge in [-0.3, -0.25) is 0 Å². The van der Waals surface area contributed by atoms with Crippen LogP contribution in [-0.2, 0) is 0 Å². The van der Waals surface area contributed by atoms with Crippen LogP contribution in [0, 0.1) is 5.92 Å². The zero-order valence-corrected chi connectivity index (χ0v) is 8.95. The van der Waals surface area contributed by atoms with Gasteiger partial charge in [-0.1, -0.05) is 0 Å². The molecule has 1 aliphatic rings. The van der Waals surface area contributed by atoms with Crippen LogP contribution < -0.4 is 0 Å². The van der Waals surface area contributed by atoms with Crippen LogP contribution in [0.5, 0.6) is 0 Å². The molecule has 14 heavy (non-hydrogen) atoms. The van der Waals surface area contributed by atoms with Gasteiger partial charge in [-0.15, -0.1) is 0 Å². The van der Waals surface area contributed by atoms with E-state index in [1.807, 2.05) is 4.90 Å². The molecule has 0 bridgehead atoms. The number of likely N-dealkylation sites (tertiary alicyclic amines) is 1. The normalized spacial score (nSPS) is 25.3. The van der Waals surface area contributed by atoms with Crippen LogP contribution in [0.1, 0.15) is 19.3 Å². The van der Waals surface area contributed by atoms with Crippen molar-refractivity contribution in [1.82, 2.24) is 4.90 Å². The van der Waals surface area contributed by atoms with Gasteiger partial charge in [0.15, 0.2) is 0 Å². The summed E-state index contributed by atoms with van der Waals surface area (Å²) in [5, 5.41) is 0. The Balaban J connectivity index is 2.36. The van der Waals surface area contributed by atoms with E-state index in [4.69, 9.17) is 0 Å². The molecule has 0 aromatic rings. The Bertz CT molecular complexity index is 172. The van der Waals surface area contributed by atoms with Crippen molar-refractivity contribution < 1.29 is 13.2 Å². The summed E-state index contributed by atoms with van der Waals surface area (Å²) in [5.74, 6) is -0.371. The standard InChI is InChI=1S/C9H16F3NS/c10-9(11,12)8-3-1-4-13(7-8)5-2-6-14/h8,14H,1-7H2. The Morgan fingerprint density at radius 2 is 2.07 bits per heavy atom. The minimum atomic E-state index is -4.01. The molecule has 1 saturated heterocycles. The summed E-state index contributed by atoms with van der Waals surface area (Å²) in [6, 6.07) is 0.